The molecule has 0 unspecified atom stereocenters. The highest BCUT2D eigenvalue weighted by Gasteiger charge is 2.41. The summed E-state index contributed by atoms with van der Waals surface area (Å²) in [5.74, 6) is 1.11. The van der Waals surface area contributed by atoms with E-state index in [-0.39, 0.29) is 17.8 Å². The van der Waals surface area contributed by atoms with E-state index in [0.29, 0.717) is 11.7 Å². The molecule has 2 N–H and O–H groups in total. The molecule has 32 heavy (non-hydrogen) atoms. The first-order valence-corrected chi connectivity index (χ1v) is 10.9. The van der Waals surface area contributed by atoms with Crippen LogP contribution in [0.3, 0.4) is 0 Å². The van der Waals surface area contributed by atoms with Gasteiger partial charge >= 0.3 is 0 Å². The molecule has 1 fully saturated rings. The zero-order valence-corrected chi connectivity index (χ0v) is 18.7. The summed E-state index contributed by atoms with van der Waals surface area (Å²) < 4.78 is 7.84. The summed E-state index contributed by atoms with van der Waals surface area (Å²) >= 11 is 5.77. The fraction of sp³-hybridized carbons (Fsp3) is 0.200. The maximum absolute atomic E-state index is 9.71. The van der Waals surface area contributed by atoms with Crippen LogP contribution in [-0.2, 0) is 6.54 Å². The Bertz CT molecular complexity index is 1230. The van der Waals surface area contributed by atoms with Crippen LogP contribution in [0.2, 0.25) is 0 Å². The van der Waals surface area contributed by atoms with Crippen LogP contribution < -0.4 is 5.32 Å². The lowest BCUT2D eigenvalue weighted by molar-refractivity contribution is 0.286. The minimum atomic E-state index is -0.0903. The van der Waals surface area contributed by atoms with Gasteiger partial charge in [0, 0.05) is 23.3 Å². The maximum atomic E-state index is 9.71. The summed E-state index contributed by atoms with van der Waals surface area (Å²) in [4.78, 5) is 6.80. The summed E-state index contributed by atoms with van der Waals surface area (Å²) in [6, 6.07) is 19.1. The van der Waals surface area contributed by atoms with Gasteiger partial charge in [-0.1, -0.05) is 6.07 Å². The SMILES string of the molecule is Cc1cc([C@H]2[C@H](c3ccccn3)NC(=S)N2Cc2ccco2)c(C)n1-c1ccc(O)cc1. The van der Waals surface area contributed by atoms with Gasteiger partial charge in [-0.05, 0) is 86.2 Å². The highest BCUT2D eigenvalue weighted by Crippen LogP contribution is 2.42. The second-order valence-corrected chi connectivity index (χ2v) is 8.40. The van der Waals surface area contributed by atoms with Crippen molar-refractivity contribution >= 4 is 17.3 Å². The zero-order chi connectivity index (χ0) is 22.2. The summed E-state index contributed by atoms with van der Waals surface area (Å²) in [5, 5.41) is 13.9. The van der Waals surface area contributed by atoms with Crippen LogP contribution in [0, 0.1) is 13.8 Å². The number of aromatic nitrogens is 2. The van der Waals surface area contributed by atoms with Crippen LogP contribution >= 0.6 is 12.2 Å². The molecule has 0 amide bonds. The second-order valence-electron chi connectivity index (χ2n) is 8.01. The van der Waals surface area contributed by atoms with Crippen molar-refractivity contribution in [2.24, 2.45) is 0 Å². The van der Waals surface area contributed by atoms with Gasteiger partial charge in [-0.15, -0.1) is 0 Å². The molecule has 6 nitrogen and oxygen atoms in total. The minimum absolute atomic E-state index is 0.0560. The molecule has 1 saturated heterocycles. The van der Waals surface area contributed by atoms with Gasteiger partial charge in [-0.2, -0.15) is 0 Å². The molecule has 5 rings (SSSR count). The van der Waals surface area contributed by atoms with Gasteiger partial charge in [0.05, 0.1) is 30.6 Å². The molecular weight excluding hydrogens is 420 g/mol. The van der Waals surface area contributed by atoms with Crippen molar-refractivity contribution in [3.63, 3.8) is 0 Å². The predicted octanol–water partition coefficient (Wildman–Crippen LogP) is 4.96. The van der Waals surface area contributed by atoms with Gasteiger partial charge in [0.2, 0.25) is 0 Å². The third-order valence-electron chi connectivity index (χ3n) is 6.00. The summed E-state index contributed by atoms with van der Waals surface area (Å²) in [5.41, 5.74) is 5.35. The van der Waals surface area contributed by atoms with Crippen molar-refractivity contribution in [1.82, 2.24) is 19.8 Å². The number of aryl methyl sites for hydroxylation is 1. The Hall–Kier alpha value is -3.58. The standard InChI is InChI=1S/C25H24N4O2S/c1-16-14-21(17(2)29(16)18-8-10-19(30)11-9-18)24-23(22-7-3-4-12-26-22)27-25(32)28(24)15-20-6-5-13-31-20/h3-14,23-24,30H,15H2,1-2H3,(H,27,32)/t23-,24-/m0/s1. The van der Waals surface area contributed by atoms with Crippen LogP contribution in [0.25, 0.3) is 5.69 Å². The summed E-state index contributed by atoms with van der Waals surface area (Å²) in [6.07, 6.45) is 3.50. The van der Waals surface area contributed by atoms with E-state index >= 15 is 0 Å². The van der Waals surface area contributed by atoms with Crippen LogP contribution in [0.1, 0.15) is 40.5 Å². The van der Waals surface area contributed by atoms with Crippen LogP contribution in [-0.4, -0.2) is 24.7 Å². The van der Waals surface area contributed by atoms with E-state index in [1.807, 2.05) is 48.7 Å². The van der Waals surface area contributed by atoms with Crippen LogP contribution in [0.15, 0.2) is 77.5 Å². The molecule has 4 heterocycles. The number of hydrogen-bond acceptors (Lipinski definition) is 4. The zero-order valence-electron chi connectivity index (χ0n) is 17.9. The molecule has 1 aromatic carbocycles. The lowest BCUT2D eigenvalue weighted by atomic mass is 9.96. The van der Waals surface area contributed by atoms with E-state index in [9.17, 15) is 5.11 Å². The number of phenols is 1. The number of aromatic hydroxyl groups is 1. The molecule has 0 bridgehead atoms. The monoisotopic (exact) mass is 444 g/mol. The normalized spacial score (nSPS) is 18.2. The fourth-order valence-corrected chi connectivity index (χ4v) is 4.88. The highest BCUT2D eigenvalue weighted by molar-refractivity contribution is 7.80. The Morgan fingerprint density at radius 3 is 2.59 bits per heavy atom. The van der Waals surface area contributed by atoms with Crippen molar-refractivity contribution in [2.75, 3.05) is 0 Å². The molecule has 1 aliphatic rings. The molecule has 0 spiro atoms. The lowest BCUT2D eigenvalue weighted by Gasteiger charge is -2.27. The van der Waals surface area contributed by atoms with Crippen molar-refractivity contribution in [3.05, 3.63) is 102 Å². The van der Waals surface area contributed by atoms with Gasteiger partial charge in [0.1, 0.15) is 11.5 Å². The third kappa shape index (κ3) is 3.54. The number of thiocarbonyl (C=S) groups is 1. The first kappa shape index (κ1) is 20.3. The smallest absolute Gasteiger partial charge is 0.170 e. The van der Waals surface area contributed by atoms with Crippen molar-refractivity contribution in [3.8, 4) is 11.4 Å². The van der Waals surface area contributed by atoms with Gasteiger partial charge in [0.15, 0.2) is 5.11 Å². The van der Waals surface area contributed by atoms with E-state index in [1.165, 1.54) is 5.56 Å². The van der Waals surface area contributed by atoms with Crippen molar-refractivity contribution in [1.29, 1.82) is 0 Å². The molecule has 162 valence electrons. The topological polar surface area (TPSA) is 66.5 Å². The predicted molar refractivity (Wildman–Crippen MR) is 127 cm³/mol. The van der Waals surface area contributed by atoms with Gasteiger partial charge < -0.3 is 24.3 Å². The van der Waals surface area contributed by atoms with Crippen molar-refractivity contribution < 1.29 is 9.52 Å². The Morgan fingerprint density at radius 2 is 1.91 bits per heavy atom. The average Bonchev–Trinajstić information content (AvgIpc) is 3.49. The Balaban J connectivity index is 1.62. The molecule has 0 saturated carbocycles. The number of rotatable bonds is 5. The number of benzene rings is 1. The van der Waals surface area contributed by atoms with Gasteiger partial charge in [-0.25, -0.2) is 0 Å². The van der Waals surface area contributed by atoms with Gasteiger partial charge in [0.25, 0.3) is 0 Å². The third-order valence-corrected chi connectivity index (χ3v) is 6.35. The number of pyridine rings is 1. The quantitative estimate of drug-likeness (QED) is 0.424. The molecular formula is C25H24N4O2S. The first-order valence-electron chi connectivity index (χ1n) is 10.5. The molecule has 7 heteroatoms. The number of phenolic OH excluding ortho intramolecular Hbond substituents is 1. The Kier molecular flexibility index (Phi) is 5.19. The summed E-state index contributed by atoms with van der Waals surface area (Å²) in [7, 11) is 0. The Morgan fingerprint density at radius 1 is 1.09 bits per heavy atom. The number of nitrogens with zero attached hydrogens (tertiary/aromatic N) is 3. The fourth-order valence-electron chi connectivity index (χ4n) is 4.57. The minimum Gasteiger partial charge on any atom is -0.508 e. The van der Waals surface area contributed by atoms with Gasteiger partial charge in [-0.3, -0.25) is 4.98 Å². The summed E-state index contributed by atoms with van der Waals surface area (Å²) in [6.45, 7) is 4.78. The highest BCUT2D eigenvalue weighted by atomic mass is 32.1. The second kappa shape index (κ2) is 8.16. The van der Waals surface area contributed by atoms with E-state index in [1.54, 1.807) is 18.4 Å². The number of furan rings is 1. The maximum Gasteiger partial charge on any atom is 0.170 e. The van der Waals surface area contributed by atoms with E-state index in [2.05, 4.69) is 39.7 Å². The van der Waals surface area contributed by atoms with Crippen LogP contribution in [0.4, 0.5) is 0 Å². The number of hydrogen-bond donors (Lipinski definition) is 2. The first-order chi connectivity index (χ1) is 15.5. The molecule has 3 aromatic heterocycles. The number of nitrogens with one attached hydrogen (secondary N) is 1. The van der Waals surface area contributed by atoms with Crippen molar-refractivity contribution in [2.45, 2.75) is 32.5 Å². The Labute approximate surface area is 192 Å². The van der Waals surface area contributed by atoms with Crippen LogP contribution in [0.5, 0.6) is 5.75 Å². The molecule has 1 aliphatic heterocycles. The molecule has 0 radical (unpaired) electrons. The molecule has 0 aliphatic carbocycles. The molecule has 4 aromatic rings. The van der Waals surface area contributed by atoms with E-state index < -0.39 is 0 Å². The molecule has 2 atom stereocenters. The average molecular weight is 445 g/mol. The van der Waals surface area contributed by atoms with E-state index in [4.69, 9.17) is 16.6 Å². The largest absolute Gasteiger partial charge is 0.508 e. The lowest BCUT2D eigenvalue weighted by Crippen LogP contribution is -2.29. The van der Waals surface area contributed by atoms with E-state index in [0.717, 1.165) is 28.5 Å².